The van der Waals surface area contributed by atoms with Crippen molar-refractivity contribution in [1.82, 2.24) is 9.66 Å². The second-order valence-electron chi connectivity index (χ2n) is 6.87. The van der Waals surface area contributed by atoms with Crippen LogP contribution in [-0.2, 0) is 11.2 Å². The quantitative estimate of drug-likeness (QED) is 0.706. The number of anilines is 1. The first-order valence-electron chi connectivity index (χ1n) is 9.13. The Morgan fingerprint density at radius 3 is 2.52 bits per heavy atom. The van der Waals surface area contributed by atoms with Crippen LogP contribution in [0, 0.1) is 11.6 Å². The Labute approximate surface area is 169 Å². The van der Waals surface area contributed by atoms with Gasteiger partial charge in [-0.1, -0.05) is 17.7 Å². The maximum atomic E-state index is 13.4. The summed E-state index contributed by atoms with van der Waals surface area (Å²) in [6.45, 7) is 1.38. The van der Waals surface area contributed by atoms with Gasteiger partial charge in [-0.2, -0.15) is 4.68 Å². The molecule has 0 aliphatic carbocycles. The second-order valence-corrected chi connectivity index (χ2v) is 7.28. The van der Waals surface area contributed by atoms with Gasteiger partial charge in [0.1, 0.15) is 11.6 Å². The Bertz CT molecular complexity index is 1140. The summed E-state index contributed by atoms with van der Waals surface area (Å²) < 4.78 is 27.9. The van der Waals surface area contributed by atoms with Gasteiger partial charge in [0.2, 0.25) is 11.9 Å². The molecule has 4 rings (SSSR count). The molecule has 29 heavy (non-hydrogen) atoms. The van der Waals surface area contributed by atoms with E-state index in [-0.39, 0.29) is 23.3 Å². The molecule has 150 valence electrons. The first-order valence-corrected chi connectivity index (χ1v) is 9.51. The molecule has 2 aromatic carbocycles. The zero-order chi connectivity index (χ0) is 20.5. The third-order valence-corrected chi connectivity index (χ3v) is 5.05. The van der Waals surface area contributed by atoms with Crippen molar-refractivity contribution >= 4 is 34.4 Å². The standard InChI is InChI=1S/C20H17ClF2N4O2/c21-16-5-3-4-15-18(16)24-20(26-6-1-2-7-26)27(19(15)29)25-17(28)10-12-8-13(22)11-14(23)9-12/h3-5,8-9,11H,1-2,6-7,10H2,(H,25,28). The van der Waals surface area contributed by atoms with E-state index in [1.54, 1.807) is 18.2 Å². The zero-order valence-electron chi connectivity index (χ0n) is 15.3. The van der Waals surface area contributed by atoms with E-state index in [9.17, 15) is 18.4 Å². The third-order valence-electron chi connectivity index (χ3n) is 4.74. The zero-order valence-corrected chi connectivity index (χ0v) is 16.0. The lowest BCUT2D eigenvalue weighted by Gasteiger charge is -2.22. The summed E-state index contributed by atoms with van der Waals surface area (Å²) in [5, 5.41) is 0.603. The second kappa shape index (κ2) is 7.79. The number of hydrogen-bond donors (Lipinski definition) is 1. The molecule has 0 saturated carbocycles. The number of nitrogens with zero attached hydrogens (tertiary/aromatic N) is 3. The van der Waals surface area contributed by atoms with Crippen LogP contribution in [0.1, 0.15) is 18.4 Å². The average Bonchev–Trinajstić information content (AvgIpc) is 3.18. The lowest BCUT2D eigenvalue weighted by atomic mass is 10.1. The molecule has 1 amide bonds. The molecular weight excluding hydrogens is 402 g/mol. The molecule has 6 nitrogen and oxygen atoms in total. The monoisotopic (exact) mass is 418 g/mol. The number of aromatic nitrogens is 2. The lowest BCUT2D eigenvalue weighted by molar-refractivity contribution is -0.116. The number of para-hydroxylation sites is 1. The smallest absolute Gasteiger partial charge is 0.281 e. The minimum absolute atomic E-state index is 0.160. The van der Waals surface area contributed by atoms with Gasteiger partial charge in [0.25, 0.3) is 5.56 Å². The number of fused-ring (bicyclic) bond motifs is 1. The minimum atomic E-state index is -0.773. The Balaban J connectivity index is 1.73. The van der Waals surface area contributed by atoms with Crippen LogP contribution in [0.5, 0.6) is 0 Å². The molecule has 2 heterocycles. The predicted molar refractivity (Wildman–Crippen MR) is 107 cm³/mol. The Morgan fingerprint density at radius 1 is 1.14 bits per heavy atom. The predicted octanol–water partition coefficient (Wildman–Crippen LogP) is 3.24. The molecule has 0 atom stereocenters. The number of benzene rings is 2. The van der Waals surface area contributed by atoms with Crippen molar-refractivity contribution < 1.29 is 13.6 Å². The molecule has 1 fully saturated rings. The molecule has 0 spiro atoms. The van der Waals surface area contributed by atoms with Gasteiger partial charge in [-0.3, -0.25) is 15.0 Å². The van der Waals surface area contributed by atoms with E-state index in [2.05, 4.69) is 10.4 Å². The summed E-state index contributed by atoms with van der Waals surface area (Å²) in [5.74, 6) is -1.86. The van der Waals surface area contributed by atoms with Crippen LogP contribution in [-0.4, -0.2) is 28.7 Å². The van der Waals surface area contributed by atoms with Gasteiger partial charge >= 0.3 is 0 Å². The largest absolute Gasteiger partial charge is 0.341 e. The van der Waals surface area contributed by atoms with E-state index >= 15 is 0 Å². The van der Waals surface area contributed by atoms with Crippen LogP contribution in [0.25, 0.3) is 10.9 Å². The number of nitrogens with one attached hydrogen (secondary N) is 1. The van der Waals surface area contributed by atoms with Crippen molar-refractivity contribution in [3.05, 3.63) is 69.0 Å². The molecule has 0 unspecified atom stereocenters. The first-order chi connectivity index (χ1) is 13.9. The van der Waals surface area contributed by atoms with Gasteiger partial charge in [0.15, 0.2) is 0 Å². The highest BCUT2D eigenvalue weighted by molar-refractivity contribution is 6.35. The first kappa shape index (κ1) is 19.3. The Morgan fingerprint density at radius 2 is 1.83 bits per heavy atom. The maximum Gasteiger partial charge on any atom is 0.281 e. The number of amides is 1. The molecule has 0 radical (unpaired) electrons. The Hall–Kier alpha value is -3.00. The maximum absolute atomic E-state index is 13.4. The molecule has 9 heteroatoms. The van der Waals surface area contributed by atoms with E-state index in [0.29, 0.717) is 23.6 Å². The highest BCUT2D eigenvalue weighted by Gasteiger charge is 2.22. The summed E-state index contributed by atoms with van der Waals surface area (Å²) in [6.07, 6.45) is 1.58. The number of rotatable bonds is 4. The minimum Gasteiger partial charge on any atom is -0.341 e. The normalized spacial score (nSPS) is 13.8. The molecule has 1 aliphatic rings. The van der Waals surface area contributed by atoms with Crippen LogP contribution < -0.4 is 15.9 Å². The SMILES string of the molecule is O=C(Cc1cc(F)cc(F)c1)Nn1c(N2CCCC2)nc2c(Cl)cccc2c1=O. The van der Waals surface area contributed by atoms with Crippen LogP contribution in [0.15, 0.2) is 41.2 Å². The number of carbonyl (C=O) groups is 1. The van der Waals surface area contributed by atoms with Gasteiger partial charge < -0.3 is 4.90 Å². The molecule has 1 aromatic heterocycles. The fourth-order valence-electron chi connectivity index (χ4n) is 3.46. The van der Waals surface area contributed by atoms with Crippen LogP contribution >= 0.6 is 11.6 Å². The van der Waals surface area contributed by atoms with Crippen LogP contribution in [0.3, 0.4) is 0 Å². The highest BCUT2D eigenvalue weighted by atomic mass is 35.5. The topological polar surface area (TPSA) is 67.2 Å². The summed E-state index contributed by atoms with van der Waals surface area (Å²) in [6, 6.07) is 7.73. The van der Waals surface area contributed by atoms with E-state index in [0.717, 1.165) is 35.7 Å². The summed E-state index contributed by atoms with van der Waals surface area (Å²) in [4.78, 5) is 32.0. The summed E-state index contributed by atoms with van der Waals surface area (Å²) in [5.41, 5.74) is 2.57. The van der Waals surface area contributed by atoms with Crippen molar-refractivity contribution in [3.63, 3.8) is 0 Å². The van der Waals surface area contributed by atoms with Crippen LogP contribution in [0.4, 0.5) is 14.7 Å². The van der Waals surface area contributed by atoms with Crippen molar-refractivity contribution in [2.24, 2.45) is 0 Å². The van der Waals surface area contributed by atoms with Crippen molar-refractivity contribution in [1.29, 1.82) is 0 Å². The van der Waals surface area contributed by atoms with Gasteiger partial charge in [-0.25, -0.2) is 13.8 Å². The number of hydrogen-bond acceptors (Lipinski definition) is 4. The van der Waals surface area contributed by atoms with E-state index < -0.39 is 23.1 Å². The van der Waals surface area contributed by atoms with Crippen molar-refractivity contribution in [2.45, 2.75) is 19.3 Å². The summed E-state index contributed by atoms with van der Waals surface area (Å²) in [7, 11) is 0. The third kappa shape index (κ3) is 3.93. The van der Waals surface area contributed by atoms with E-state index in [1.807, 2.05) is 4.90 Å². The van der Waals surface area contributed by atoms with E-state index in [4.69, 9.17) is 11.6 Å². The molecular formula is C20H17ClF2N4O2. The van der Waals surface area contributed by atoms with Crippen molar-refractivity contribution in [2.75, 3.05) is 23.4 Å². The van der Waals surface area contributed by atoms with Crippen LogP contribution in [0.2, 0.25) is 5.02 Å². The Kier molecular flexibility index (Phi) is 5.19. The molecule has 0 bridgehead atoms. The van der Waals surface area contributed by atoms with Gasteiger partial charge in [0, 0.05) is 19.2 Å². The van der Waals surface area contributed by atoms with Gasteiger partial charge in [0.05, 0.1) is 22.3 Å². The number of carbonyl (C=O) groups excluding carboxylic acids is 1. The van der Waals surface area contributed by atoms with Crippen molar-refractivity contribution in [3.8, 4) is 0 Å². The average molecular weight is 419 g/mol. The molecule has 1 saturated heterocycles. The van der Waals surface area contributed by atoms with Gasteiger partial charge in [-0.15, -0.1) is 0 Å². The van der Waals surface area contributed by atoms with Gasteiger partial charge in [-0.05, 0) is 42.7 Å². The highest BCUT2D eigenvalue weighted by Crippen LogP contribution is 2.23. The summed E-state index contributed by atoms with van der Waals surface area (Å²) >= 11 is 6.22. The molecule has 1 aliphatic heterocycles. The number of halogens is 3. The fraction of sp³-hybridized carbons (Fsp3) is 0.250. The fourth-order valence-corrected chi connectivity index (χ4v) is 3.67. The molecule has 3 aromatic rings. The lowest BCUT2D eigenvalue weighted by Crippen LogP contribution is -2.39. The van der Waals surface area contributed by atoms with E-state index in [1.165, 1.54) is 0 Å². The molecule has 1 N–H and O–H groups in total.